The standard InChI is InChI=1S/C22H28F2N4O3.HI/c1-5-25-22(26-13-15-6-9-17(10-7-15)20(29)28(2)3)27-14-16-8-11-18(30-4)19(12-16)31-21(23)24;/h6-12,21H,5,13-14H2,1-4H3,(H2,25,26,27);1H. The quantitative estimate of drug-likeness (QED) is 0.276. The van der Waals surface area contributed by atoms with Gasteiger partial charge >= 0.3 is 6.61 Å². The average Bonchev–Trinajstić information content (AvgIpc) is 2.75. The van der Waals surface area contributed by atoms with Crippen LogP contribution in [0.15, 0.2) is 47.5 Å². The molecule has 10 heteroatoms. The van der Waals surface area contributed by atoms with Gasteiger partial charge in [-0.1, -0.05) is 18.2 Å². The highest BCUT2D eigenvalue weighted by Crippen LogP contribution is 2.29. The highest BCUT2D eigenvalue weighted by atomic mass is 127. The molecule has 0 aliphatic carbocycles. The fourth-order valence-corrected chi connectivity index (χ4v) is 2.73. The Morgan fingerprint density at radius 1 is 1.06 bits per heavy atom. The molecule has 2 aromatic rings. The zero-order valence-corrected chi connectivity index (χ0v) is 20.9. The highest BCUT2D eigenvalue weighted by Gasteiger charge is 2.11. The summed E-state index contributed by atoms with van der Waals surface area (Å²) in [5.74, 6) is 0.719. The Balaban J connectivity index is 0.00000512. The number of carbonyl (C=O) groups is 1. The Bertz CT molecular complexity index is 893. The number of carbonyl (C=O) groups excluding carboxylic acids is 1. The van der Waals surface area contributed by atoms with Gasteiger partial charge < -0.3 is 25.0 Å². The van der Waals surface area contributed by atoms with Gasteiger partial charge in [-0.25, -0.2) is 4.99 Å². The number of nitrogens with zero attached hydrogens (tertiary/aromatic N) is 2. The Hall–Kier alpha value is -2.63. The molecule has 0 aliphatic heterocycles. The number of alkyl halides is 2. The molecule has 0 bridgehead atoms. The first-order valence-electron chi connectivity index (χ1n) is 9.78. The van der Waals surface area contributed by atoms with Crippen LogP contribution in [-0.4, -0.2) is 51.1 Å². The van der Waals surface area contributed by atoms with Gasteiger partial charge in [-0.2, -0.15) is 8.78 Å². The minimum absolute atomic E-state index is 0. The molecule has 7 nitrogen and oxygen atoms in total. The lowest BCUT2D eigenvalue weighted by Crippen LogP contribution is -2.36. The van der Waals surface area contributed by atoms with Crippen molar-refractivity contribution in [3.63, 3.8) is 0 Å². The summed E-state index contributed by atoms with van der Waals surface area (Å²) in [6, 6.07) is 12.1. The number of nitrogens with one attached hydrogen (secondary N) is 2. The fraction of sp³-hybridized carbons (Fsp3) is 0.364. The molecule has 0 fully saturated rings. The Morgan fingerprint density at radius 3 is 2.28 bits per heavy atom. The maximum atomic E-state index is 12.6. The minimum Gasteiger partial charge on any atom is -0.493 e. The third-order valence-electron chi connectivity index (χ3n) is 4.28. The third-order valence-corrected chi connectivity index (χ3v) is 4.28. The van der Waals surface area contributed by atoms with E-state index in [1.807, 2.05) is 19.1 Å². The summed E-state index contributed by atoms with van der Waals surface area (Å²) >= 11 is 0. The van der Waals surface area contributed by atoms with Crippen LogP contribution in [0.5, 0.6) is 11.5 Å². The van der Waals surface area contributed by atoms with Crippen LogP contribution in [-0.2, 0) is 13.1 Å². The van der Waals surface area contributed by atoms with Crippen LogP contribution in [0.4, 0.5) is 8.78 Å². The molecule has 2 N–H and O–H groups in total. The van der Waals surface area contributed by atoms with Crippen LogP contribution in [0.2, 0.25) is 0 Å². The maximum absolute atomic E-state index is 12.6. The number of amides is 1. The van der Waals surface area contributed by atoms with E-state index < -0.39 is 6.61 Å². The van der Waals surface area contributed by atoms with Crippen LogP contribution in [0.3, 0.4) is 0 Å². The molecule has 0 unspecified atom stereocenters. The van der Waals surface area contributed by atoms with Crippen LogP contribution in [0.25, 0.3) is 0 Å². The summed E-state index contributed by atoms with van der Waals surface area (Å²) in [6.45, 7) is 0.427. The molecule has 0 atom stereocenters. The molecular weight excluding hydrogens is 533 g/mol. The molecule has 176 valence electrons. The first-order valence-corrected chi connectivity index (χ1v) is 9.78. The molecule has 32 heavy (non-hydrogen) atoms. The number of halogens is 3. The van der Waals surface area contributed by atoms with E-state index in [4.69, 9.17) is 4.74 Å². The summed E-state index contributed by atoms with van der Waals surface area (Å²) in [5.41, 5.74) is 2.30. The minimum atomic E-state index is -2.94. The van der Waals surface area contributed by atoms with Gasteiger partial charge in [0.1, 0.15) is 0 Å². The number of aliphatic imine (C=N–C) groups is 1. The Kier molecular flexibility index (Phi) is 11.7. The van der Waals surface area contributed by atoms with Gasteiger partial charge in [0, 0.05) is 32.7 Å². The number of guanidine groups is 1. The zero-order valence-electron chi connectivity index (χ0n) is 18.5. The summed E-state index contributed by atoms with van der Waals surface area (Å²) in [7, 11) is 4.81. The highest BCUT2D eigenvalue weighted by molar-refractivity contribution is 14.0. The van der Waals surface area contributed by atoms with Crippen molar-refractivity contribution >= 4 is 35.8 Å². The average molecular weight is 562 g/mol. The van der Waals surface area contributed by atoms with Gasteiger partial charge in [0.25, 0.3) is 5.91 Å². The number of hydrogen-bond donors (Lipinski definition) is 2. The van der Waals surface area contributed by atoms with Crippen LogP contribution < -0.4 is 20.1 Å². The zero-order chi connectivity index (χ0) is 22.8. The molecule has 0 radical (unpaired) electrons. The largest absolute Gasteiger partial charge is 0.493 e. The van der Waals surface area contributed by atoms with Crippen molar-refractivity contribution in [2.45, 2.75) is 26.6 Å². The lowest BCUT2D eigenvalue weighted by atomic mass is 10.1. The lowest BCUT2D eigenvalue weighted by Gasteiger charge is -2.13. The van der Waals surface area contributed by atoms with E-state index in [1.54, 1.807) is 38.4 Å². The number of benzene rings is 2. The first-order chi connectivity index (χ1) is 14.8. The van der Waals surface area contributed by atoms with Crippen molar-refractivity contribution in [1.82, 2.24) is 15.5 Å². The van der Waals surface area contributed by atoms with E-state index >= 15 is 0 Å². The number of rotatable bonds is 9. The first kappa shape index (κ1) is 27.4. The SMILES string of the molecule is CCNC(=NCc1ccc(OC)c(OC(F)F)c1)NCc1ccc(C(=O)N(C)C)cc1.I. The van der Waals surface area contributed by atoms with Gasteiger partial charge in [-0.15, -0.1) is 24.0 Å². The Labute approximate surface area is 204 Å². The van der Waals surface area contributed by atoms with Gasteiger partial charge in [-0.3, -0.25) is 4.79 Å². The van der Waals surface area contributed by atoms with Crippen molar-refractivity contribution < 1.29 is 23.0 Å². The van der Waals surface area contributed by atoms with Crippen molar-refractivity contribution in [2.75, 3.05) is 27.7 Å². The molecule has 0 saturated heterocycles. The number of hydrogen-bond acceptors (Lipinski definition) is 4. The van der Waals surface area contributed by atoms with Gasteiger partial charge in [0.05, 0.1) is 13.7 Å². The molecule has 2 rings (SSSR count). The van der Waals surface area contributed by atoms with Gasteiger partial charge in [0.15, 0.2) is 17.5 Å². The monoisotopic (exact) mass is 562 g/mol. The van der Waals surface area contributed by atoms with E-state index in [-0.39, 0.29) is 47.9 Å². The smallest absolute Gasteiger partial charge is 0.387 e. The van der Waals surface area contributed by atoms with E-state index in [9.17, 15) is 13.6 Å². The topological polar surface area (TPSA) is 75.2 Å². The molecule has 2 aromatic carbocycles. The second-order valence-electron chi connectivity index (χ2n) is 6.81. The second-order valence-corrected chi connectivity index (χ2v) is 6.81. The van der Waals surface area contributed by atoms with E-state index in [0.29, 0.717) is 30.2 Å². The summed E-state index contributed by atoms with van der Waals surface area (Å²) < 4.78 is 34.8. The van der Waals surface area contributed by atoms with E-state index in [0.717, 1.165) is 5.56 Å². The molecular formula is C22H29F2IN4O3. The van der Waals surface area contributed by atoms with Gasteiger partial charge in [0.2, 0.25) is 0 Å². The molecule has 0 spiro atoms. The van der Waals surface area contributed by atoms with Crippen LogP contribution in [0, 0.1) is 0 Å². The predicted molar refractivity (Wildman–Crippen MR) is 131 cm³/mol. The summed E-state index contributed by atoms with van der Waals surface area (Å²) in [4.78, 5) is 18.0. The van der Waals surface area contributed by atoms with Crippen LogP contribution >= 0.6 is 24.0 Å². The molecule has 0 aliphatic rings. The van der Waals surface area contributed by atoms with Crippen LogP contribution in [0.1, 0.15) is 28.4 Å². The van der Waals surface area contributed by atoms with Crippen molar-refractivity contribution in [1.29, 1.82) is 0 Å². The van der Waals surface area contributed by atoms with E-state index in [1.165, 1.54) is 18.1 Å². The maximum Gasteiger partial charge on any atom is 0.387 e. The van der Waals surface area contributed by atoms with Crippen molar-refractivity contribution in [2.24, 2.45) is 4.99 Å². The fourth-order valence-electron chi connectivity index (χ4n) is 2.73. The van der Waals surface area contributed by atoms with E-state index in [2.05, 4.69) is 20.4 Å². The molecule has 0 heterocycles. The normalized spacial score (nSPS) is 10.9. The summed E-state index contributed by atoms with van der Waals surface area (Å²) in [6.07, 6.45) is 0. The van der Waals surface area contributed by atoms with Gasteiger partial charge in [-0.05, 0) is 42.3 Å². The molecule has 0 saturated carbocycles. The third kappa shape index (κ3) is 8.48. The summed E-state index contributed by atoms with van der Waals surface area (Å²) in [5, 5.41) is 6.35. The van der Waals surface area contributed by atoms with Crippen molar-refractivity contribution in [3.8, 4) is 11.5 Å². The predicted octanol–water partition coefficient (Wildman–Crippen LogP) is 3.87. The molecule has 0 aromatic heterocycles. The van der Waals surface area contributed by atoms with Crippen molar-refractivity contribution in [3.05, 3.63) is 59.2 Å². The lowest BCUT2D eigenvalue weighted by molar-refractivity contribution is -0.0512. The molecule has 1 amide bonds. The number of methoxy groups -OCH3 is 1. The second kappa shape index (κ2) is 13.7. The number of ether oxygens (including phenoxy) is 2. The Morgan fingerprint density at radius 2 is 1.72 bits per heavy atom.